The van der Waals surface area contributed by atoms with E-state index in [1.54, 1.807) is 0 Å². The lowest BCUT2D eigenvalue weighted by Gasteiger charge is -2.26. The van der Waals surface area contributed by atoms with Crippen LogP contribution in [0.2, 0.25) is 0 Å². The Kier molecular flexibility index (Phi) is 5.56. The Morgan fingerprint density at radius 3 is 2.85 bits per heavy atom. The van der Waals surface area contributed by atoms with Gasteiger partial charge < -0.3 is 15.7 Å². The summed E-state index contributed by atoms with van der Waals surface area (Å²) >= 11 is 0. The van der Waals surface area contributed by atoms with E-state index < -0.39 is 6.10 Å². The Bertz CT molecular complexity index is 422. The molecule has 4 heteroatoms. The molecule has 2 unspecified atom stereocenters. The van der Waals surface area contributed by atoms with E-state index in [1.165, 1.54) is 0 Å². The van der Waals surface area contributed by atoms with Crippen LogP contribution in [0.1, 0.15) is 43.8 Å². The summed E-state index contributed by atoms with van der Waals surface area (Å²) in [5, 5.41) is 10.3. The molecular weight excluding hydrogens is 252 g/mol. The highest BCUT2D eigenvalue weighted by Gasteiger charge is 2.30. The zero-order valence-electron chi connectivity index (χ0n) is 11.9. The van der Waals surface area contributed by atoms with Crippen LogP contribution in [0.3, 0.4) is 0 Å². The van der Waals surface area contributed by atoms with Gasteiger partial charge in [0.05, 0.1) is 6.10 Å². The van der Waals surface area contributed by atoms with Gasteiger partial charge in [0.2, 0.25) is 5.91 Å². The number of nitrogens with zero attached hydrogens (tertiary/aromatic N) is 1. The minimum Gasteiger partial charge on any atom is -0.388 e. The number of hydrogen-bond acceptors (Lipinski definition) is 3. The normalized spacial score (nSPS) is 20.1. The molecule has 2 rings (SSSR count). The van der Waals surface area contributed by atoms with Crippen molar-refractivity contribution in [2.75, 3.05) is 13.1 Å². The standard InChI is InChI=1S/C16H24N2O2/c17-10-4-9-16(20)18-11-5-8-14(18)12-15(19)13-6-2-1-3-7-13/h1-3,6-7,14-15,19H,4-5,8-12,17H2. The van der Waals surface area contributed by atoms with Crippen LogP contribution in [-0.4, -0.2) is 35.0 Å². The number of aliphatic hydroxyl groups excluding tert-OH is 1. The largest absolute Gasteiger partial charge is 0.388 e. The van der Waals surface area contributed by atoms with E-state index >= 15 is 0 Å². The average Bonchev–Trinajstić information content (AvgIpc) is 2.94. The maximum Gasteiger partial charge on any atom is 0.222 e. The predicted molar refractivity (Wildman–Crippen MR) is 79.0 cm³/mol. The lowest BCUT2D eigenvalue weighted by Crippen LogP contribution is -2.36. The van der Waals surface area contributed by atoms with Gasteiger partial charge in [0.25, 0.3) is 0 Å². The molecule has 1 aromatic carbocycles. The molecule has 110 valence electrons. The number of carbonyl (C=O) groups is 1. The second kappa shape index (κ2) is 7.41. The zero-order valence-corrected chi connectivity index (χ0v) is 11.9. The minimum atomic E-state index is -0.496. The fraction of sp³-hybridized carbons (Fsp3) is 0.562. The summed E-state index contributed by atoms with van der Waals surface area (Å²) in [4.78, 5) is 14.1. The smallest absolute Gasteiger partial charge is 0.222 e. The molecule has 2 atom stereocenters. The van der Waals surface area contributed by atoms with Gasteiger partial charge in [0, 0.05) is 19.0 Å². The van der Waals surface area contributed by atoms with Gasteiger partial charge in [-0.1, -0.05) is 30.3 Å². The first-order valence-electron chi connectivity index (χ1n) is 7.45. The van der Waals surface area contributed by atoms with Crippen molar-refractivity contribution in [2.24, 2.45) is 5.73 Å². The van der Waals surface area contributed by atoms with E-state index in [9.17, 15) is 9.90 Å². The van der Waals surface area contributed by atoms with Gasteiger partial charge in [-0.05, 0) is 37.8 Å². The number of hydrogen-bond donors (Lipinski definition) is 2. The van der Waals surface area contributed by atoms with Crippen LogP contribution in [0.25, 0.3) is 0 Å². The maximum absolute atomic E-state index is 12.1. The van der Waals surface area contributed by atoms with Gasteiger partial charge in [0.1, 0.15) is 0 Å². The third-order valence-corrected chi connectivity index (χ3v) is 3.97. The van der Waals surface area contributed by atoms with E-state index in [4.69, 9.17) is 5.73 Å². The van der Waals surface area contributed by atoms with E-state index in [0.717, 1.165) is 31.4 Å². The average molecular weight is 276 g/mol. The second-order valence-corrected chi connectivity index (χ2v) is 5.44. The zero-order chi connectivity index (χ0) is 14.4. The summed E-state index contributed by atoms with van der Waals surface area (Å²) in [6, 6.07) is 9.82. The fourth-order valence-corrected chi connectivity index (χ4v) is 2.87. The highest BCUT2D eigenvalue weighted by atomic mass is 16.3. The molecule has 20 heavy (non-hydrogen) atoms. The number of aliphatic hydroxyl groups is 1. The molecule has 1 aromatic rings. The van der Waals surface area contributed by atoms with Crippen molar-refractivity contribution in [1.29, 1.82) is 0 Å². The maximum atomic E-state index is 12.1. The summed E-state index contributed by atoms with van der Waals surface area (Å²) in [5.74, 6) is 0.179. The number of benzene rings is 1. The molecule has 0 bridgehead atoms. The fourth-order valence-electron chi connectivity index (χ4n) is 2.87. The van der Waals surface area contributed by atoms with Crippen LogP contribution < -0.4 is 5.73 Å². The van der Waals surface area contributed by atoms with Crippen LogP contribution >= 0.6 is 0 Å². The third-order valence-electron chi connectivity index (χ3n) is 3.97. The lowest BCUT2D eigenvalue weighted by atomic mass is 10.0. The van der Waals surface area contributed by atoms with Gasteiger partial charge in [-0.3, -0.25) is 4.79 Å². The summed E-state index contributed by atoms with van der Waals surface area (Å²) < 4.78 is 0. The first-order chi connectivity index (χ1) is 9.72. The second-order valence-electron chi connectivity index (χ2n) is 5.44. The summed E-state index contributed by atoms with van der Waals surface area (Å²) in [6.07, 6.45) is 3.40. The molecule has 3 N–H and O–H groups in total. The minimum absolute atomic E-state index is 0.162. The van der Waals surface area contributed by atoms with Gasteiger partial charge >= 0.3 is 0 Å². The van der Waals surface area contributed by atoms with E-state index in [0.29, 0.717) is 19.4 Å². The molecule has 1 amide bonds. The summed E-state index contributed by atoms with van der Waals surface area (Å²) in [7, 11) is 0. The Morgan fingerprint density at radius 2 is 2.15 bits per heavy atom. The summed E-state index contributed by atoms with van der Waals surface area (Å²) in [6.45, 7) is 1.37. The lowest BCUT2D eigenvalue weighted by molar-refractivity contribution is -0.132. The van der Waals surface area contributed by atoms with Crippen LogP contribution in [0.4, 0.5) is 0 Å². The number of likely N-dealkylation sites (tertiary alicyclic amines) is 1. The molecule has 1 aliphatic heterocycles. The van der Waals surface area contributed by atoms with Gasteiger partial charge in [0.15, 0.2) is 0 Å². The molecule has 1 aliphatic rings. The Balaban J connectivity index is 1.92. The van der Waals surface area contributed by atoms with Crippen molar-refractivity contribution in [1.82, 2.24) is 4.90 Å². The third kappa shape index (κ3) is 3.81. The highest BCUT2D eigenvalue weighted by Crippen LogP contribution is 2.27. The molecule has 0 aromatic heterocycles. The van der Waals surface area contributed by atoms with Crippen molar-refractivity contribution in [3.05, 3.63) is 35.9 Å². The van der Waals surface area contributed by atoms with Gasteiger partial charge in [-0.25, -0.2) is 0 Å². The van der Waals surface area contributed by atoms with Crippen molar-refractivity contribution < 1.29 is 9.90 Å². The van der Waals surface area contributed by atoms with Gasteiger partial charge in [-0.2, -0.15) is 0 Å². The Hall–Kier alpha value is -1.39. The molecule has 0 saturated carbocycles. The summed E-state index contributed by atoms with van der Waals surface area (Å²) in [5.41, 5.74) is 6.38. The predicted octanol–water partition coefficient (Wildman–Crippen LogP) is 1.84. The van der Waals surface area contributed by atoms with Crippen molar-refractivity contribution in [3.63, 3.8) is 0 Å². The number of nitrogens with two attached hydrogens (primary N) is 1. The SMILES string of the molecule is NCCCC(=O)N1CCCC1CC(O)c1ccccc1. The molecule has 0 radical (unpaired) electrons. The molecule has 4 nitrogen and oxygen atoms in total. The molecule has 0 spiro atoms. The van der Waals surface area contributed by atoms with Crippen molar-refractivity contribution in [3.8, 4) is 0 Å². The molecule has 1 fully saturated rings. The number of rotatable bonds is 6. The first-order valence-corrected chi connectivity index (χ1v) is 7.45. The molecule has 1 saturated heterocycles. The Morgan fingerprint density at radius 1 is 1.40 bits per heavy atom. The van der Waals surface area contributed by atoms with Crippen molar-refractivity contribution in [2.45, 2.75) is 44.2 Å². The van der Waals surface area contributed by atoms with E-state index in [2.05, 4.69) is 0 Å². The Labute approximate surface area is 120 Å². The van der Waals surface area contributed by atoms with Crippen molar-refractivity contribution >= 4 is 5.91 Å². The van der Waals surface area contributed by atoms with Crippen LogP contribution in [-0.2, 0) is 4.79 Å². The van der Waals surface area contributed by atoms with Crippen LogP contribution in [0.5, 0.6) is 0 Å². The topological polar surface area (TPSA) is 66.6 Å². The molecular formula is C16H24N2O2. The highest BCUT2D eigenvalue weighted by molar-refractivity contribution is 5.76. The number of carbonyl (C=O) groups excluding carboxylic acids is 1. The van der Waals surface area contributed by atoms with E-state index in [-0.39, 0.29) is 11.9 Å². The first kappa shape index (κ1) is 15.0. The van der Waals surface area contributed by atoms with Gasteiger partial charge in [-0.15, -0.1) is 0 Å². The molecule has 1 heterocycles. The van der Waals surface area contributed by atoms with Crippen LogP contribution in [0, 0.1) is 0 Å². The molecule has 0 aliphatic carbocycles. The monoisotopic (exact) mass is 276 g/mol. The van der Waals surface area contributed by atoms with Crippen LogP contribution in [0.15, 0.2) is 30.3 Å². The quantitative estimate of drug-likeness (QED) is 0.833. The van der Waals surface area contributed by atoms with E-state index in [1.807, 2.05) is 35.2 Å². The number of amides is 1.